The fourth-order valence-corrected chi connectivity index (χ4v) is 4.24. The monoisotopic (exact) mass is 495 g/mol. The normalized spacial score (nSPS) is 17.5. The van der Waals surface area contributed by atoms with Gasteiger partial charge in [-0.25, -0.2) is 4.79 Å². The Morgan fingerprint density at radius 1 is 1.09 bits per heavy atom. The van der Waals surface area contributed by atoms with Crippen LogP contribution in [0.15, 0.2) is 66.7 Å². The van der Waals surface area contributed by atoms with E-state index in [2.05, 4.69) is 16.0 Å². The number of benzene rings is 3. The molecule has 4 rings (SSSR count). The fourth-order valence-electron chi connectivity index (χ4n) is 3.88. The maximum atomic E-state index is 12.8. The molecule has 1 saturated heterocycles. The van der Waals surface area contributed by atoms with Crippen molar-refractivity contribution in [2.24, 2.45) is 0 Å². The minimum Gasteiger partial charge on any atom is -0.338 e. The van der Waals surface area contributed by atoms with E-state index in [4.69, 9.17) is 28.6 Å². The highest BCUT2D eigenvalue weighted by Gasteiger charge is 2.45. The molecule has 0 bridgehead atoms. The number of amides is 3. The number of nitrogens with zero attached hydrogens (tertiary/aromatic N) is 1. The number of halogens is 2. The van der Waals surface area contributed by atoms with Gasteiger partial charge >= 0.3 is 6.03 Å². The van der Waals surface area contributed by atoms with Crippen LogP contribution in [0.2, 0.25) is 10.0 Å². The molecule has 7 nitrogen and oxygen atoms in total. The summed E-state index contributed by atoms with van der Waals surface area (Å²) in [5.41, 5.74) is 2.69. The van der Waals surface area contributed by atoms with E-state index in [1.807, 2.05) is 36.4 Å². The van der Waals surface area contributed by atoms with E-state index < -0.39 is 11.6 Å². The molecule has 174 valence electrons. The Balaban J connectivity index is 1.59. The van der Waals surface area contributed by atoms with E-state index in [0.717, 1.165) is 22.3 Å². The first kappa shape index (κ1) is 23.6. The van der Waals surface area contributed by atoms with Crippen molar-refractivity contribution in [1.29, 1.82) is 5.41 Å². The minimum absolute atomic E-state index is 0.0510. The zero-order valence-electron chi connectivity index (χ0n) is 18.6. The molecule has 1 fully saturated rings. The van der Waals surface area contributed by atoms with Crippen molar-refractivity contribution in [1.82, 2.24) is 15.5 Å². The molecule has 0 radical (unpaired) electrons. The third kappa shape index (κ3) is 4.58. The van der Waals surface area contributed by atoms with E-state index in [1.54, 1.807) is 44.3 Å². The highest BCUT2D eigenvalue weighted by Crippen LogP contribution is 2.33. The van der Waals surface area contributed by atoms with E-state index in [-0.39, 0.29) is 18.4 Å². The van der Waals surface area contributed by atoms with Gasteiger partial charge in [-0.15, -0.1) is 0 Å². The minimum atomic E-state index is -1.05. The Labute approximate surface area is 207 Å². The van der Waals surface area contributed by atoms with E-state index in [1.165, 1.54) is 4.90 Å². The number of likely N-dealkylation sites (N-methyl/N-ethyl adjacent to an activating group) is 1. The molecule has 1 unspecified atom stereocenters. The summed E-state index contributed by atoms with van der Waals surface area (Å²) in [7, 11) is 1.57. The third-order valence-electron chi connectivity index (χ3n) is 5.82. The Morgan fingerprint density at radius 3 is 2.56 bits per heavy atom. The highest BCUT2D eigenvalue weighted by molar-refractivity contribution is 6.33. The second-order valence-electron chi connectivity index (χ2n) is 8.13. The maximum absolute atomic E-state index is 12.8. The van der Waals surface area contributed by atoms with Crippen LogP contribution in [0, 0.1) is 5.41 Å². The van der Waals surface area contributed by atoms with Gasteiger partial charge in [0.25, 0.3) is 5.91 Å². The summed E-state index contributed by atoms with van der Waals surface area (Å²) >= 11 is 12.4. The number of carbonyl (C=O) groups excluding carboxylic acids is 2. The maximum Gasteiger partial charge on any atom is 0.319 e. The molecule has 3 aromatic rings. The lowest BCUT2D eigenvalue weighted by Crippen LogP contribution is -2.40. The van der Waals surface area contributed by atoms with Gasteiger partial charge in [0.05, 0.1) is 10.7 Å². The molecule has 1 aliphatic rings. The number of hydrogen-bond acceptors (Lipinski definition) is 3. The molecule has 9 heteroatoms. The van der Waals surface area contributed by atoms with E-state index in [0.29, 0.717) is 15.7 Å². The molecule has 1 heterocycles. The van der Waals surface area contributed by atoms with Crippen molar-refractivity contribution in [3.8, 4) is 11.1 Å². The van der Waals surface area contributed by atoms with Crippen LogP contribution in [-0.2, 0) is 16.9 Å². The Morgan fingerprint density at radius 2 is 1.85 bits per heavy atom. The largest absolute Gasteiger partial charge is 0.338 e. The molecule has 1 aliphatic heterocycles. The summed E-state index contributed by atoms with van der Waals surface area (Å²) in [6.07, 6.45) is 0. The van der Waals surface area contributed by atoms with Crippen molar-refractivity contribution >= 4 is 46.8 Å². The van der Waals surface area contributed by atoms with Gasteiger partial charge in [0, 0.05) is 18.6 Å². The summed E-state index contributed by atoms with van der Waals surface area (Å²) in [5, 5.41) is 17.5. The molecule has 0 spiro atoms. The number of carbonyl (C=O) groups is 2. The van der Waals surface area contributed by atoms with Crippen LogP contribution in [0.4, 0.5) is 10.5 Å². The predicted octanol–water partition coefficient (Wildman–Crippen LogP) is 5.19. The highest BCUT2D eigenvalue weighted by atomic mass is 35.5. The van der Waals surface area contributed by atoms with Crippen LogP contribution in [0.5, 0.6) is 0 Å². The van der Waals surface area contributed by atoms with Crippen LogP contribution in [0.3, 0.4) is 0 Å². The number of nitrogens with one attached hydrogen (secondary N) is 4. The molecule has 4 N–H and O–H groups in total. The summed E-state index contributed by atoms with van der Waals surface area (Å²) in [6, 6.07) is 19.6. The van der Waals surface area contributed by atoms with Crippen LogP contribution >= 0.6 is 23.2 Å². The lowest BCUT2D eigenvalue weighted by atomic mass is 9.88. The van der Waals surface area contributed by atoms with Gasteiger partial charge in [-0.2, -0.15) is 0 Å². The predicted molar refractivity (Wildman–Crippen MR) is 135 cm³/mol. The summed E-state index contributed by atoms with van der Waals surface area (Å²) in [5.74, 6) is -0.158. The Bertz CT molecular complexity index is 1300. The number of rotatable bonds is 5. The molecule has 0 aliphatic carbocycles. The number of anilines is 1. The summed E-state index contributed by atoms with van der Waals surface area (Å²) in [4.78, 5) is 26.5. The lowest BCUT2D eigenvalue weighted by molar-refractivity contribution is -0.129. The average Bonchev–Trinajstić information content (AvgIpc) is 3.03. The standard InChI is InChI=1S/C25H23Cl2N5O2/c1-25(22(33)32(2)23(28)31-25)17-7-5-6-15(12-17)19-13-18(26)11-10-16(19)14-29-24(34)30-21-9-4-3-8-20(21)27/h3-13H,14H2,1-2H3,(H2,28,31)(H2,29,30,34). The van der Waals surface area contributed by atoms with Gasteiger partial charge in [-0.05, 0) is 59.5 Å². The van der Waals surface area contributed by atoms with E-state index >= 15 is 0 Å². The first-order chi connectivity index (χ1) is 16.2. The fraction of sp³-hybridized carbons (Fsp3) is 0.160. The first-order valence-electron chi connectivity index (χ1n) is 10.5. The van der Waals surface area contributed by atoms with Crippen LogP contribution in [0.1, 0.15) is 18.1 Å². The van der Waals surface area contributed by atoms with E-state index in [9.17, 15) is 9.59 Å². The summed E-state index contributed by atoms with van der Waals surface area (Å²) < 4.78 is 0. The number of para-hydroxylation sites is 1. The molecule has 3 amide bonds. The lowest BCUT2D eigenvalue weighted by Gasteiger charge is -2.23. The van der Waals surface area contributed by atoms with Crippen molar-refractivity contribution in [3.05, 3.63) is 87.9 Å². The van der Waals surface area contributed by atoms with Gasteiger partial charge < -0.3 is 16.0 Å². The molecule has 3 aromatic carbocycles. The van der Waals surface area contributed by atoms with Crippen LogP contribution < -0.4 is 16.0 Å². The first-order valence-corrected chi connectivity index (χ1v) is 11.3. The molecule has 0 saturated carbocycles. The van der Waals surface area contributed by atoms with Gasteiger partial charge in [0.1, 0.15) is 5.54 Å². The van der Waals surface area contributed by atoms with Crippen molar-refractivity contribution in [2.45, 2.75) is 19.0 Å². The van der Waals surface area contributed by atoms with Gasteiger partial charge in [0.2, 0.25) is 0 Å². The third-order valence-corrected chi connectivity index (χ3v) is 6.39. The molecule has 34 heavy (non-hydrogen) atoms. The van der Waals surface area contributed by atoms with Gasteiger partial charge in [-0.1, -0.05) is 59.6 Å². The zero-order valence-corrected chi connectivity index (χ0v) is 20.1. The Hall–Kier alpha value is -3.55. The molecular formula is C25H23Cl2N5O2. The average molecular weight is 496 g/mol. The van der Waals surface area contributed by atoms with Crippen LogP contribution in [-0.4, -0.2) is 29.8 Å². The Kier molecular flexibility index (Phi) is 6.50. The number of guanidine groups is 1. The molecule has 1 atom stereocenters. The molecular weight excluding hydrogens is 473 g/mol. The van der Waals surface area contributed by atoms with Gasteiger partial charge in [-0.3, -0.25) is 15.1 Å². The van der Waals surface area contributed by atoms with Crippen LogP contribution in [0.25, 0.3) is 11.1 Å². The zero-order chi connectivity index (χ0) is 24.5. The van der Waals surface area contributed by atoms with Gasteiger partial charge in [0.15, 0.2) is 5.96 Å². The van der Waals surface area contributed by atoms with Crippen molar-refractivity contribution in [2.75, 3.05) is 12.4 Å². The van der Waals surface area contributed by atoms with Crippen molar-refractivity contribution in [3.63, 3.8) is 0 Å². The topological polar surface area (TPSA) is 97.3 Å². The second kappa shape index (κ2) is 9.37. The number of hydrogen-bond donors (Lipinski definition) is 4. The quantitative estimate of drug-likeness (QED) is 0.391. The smallest absolute Gasteiger partial charge is 0.319 e. The summed E-state index contributed by atoms with van der Waals surface area (Å²) in [6.45, 7) is 2.00. The second-order valence-corrected chi connectivity index (χ2v) is 8.98. The van der Waals surface area contributed by atoms with Crippen molar-refractivity contribution < 1.29 is 9.59 Å². The SMILES string of the molecule is CN1C(=N)NC(C)(c2cccc(-c3cc(Cl)ccc3CNC(=O)Nc3ccccc3Cl)c2)C1=O. The number of urea groups is 1. The molecule has 0 aromatic heterocycles.